The molecule has 2 aliphatic carbocycles. The molecule has 0 heterocycles. The molecule has 2 aliphatic rings. The number of nitrogens with two attached hydrogens (primary N) is 1. The van der Waals surface area contributed by atoms with Crippen LogP contribution in [0.4, 0.5) is 0 Å². The van der Waals surface area contributed by atoms with E-state index in [0.29, 0.717) is 29.5 Å². The molecule has 3 N–H and O–H groups in total. The molecular weight excluding hydrogens is 338 g/mol. The van der Waals surface area contributed by atoms with Crippen molar-refractivity contribution in [2.75, 3.05) is 13.1 Å². The molecule has 5 nitrogen and oxygen atoms in total. The molecule has 1 aromatic carbocycles. The Labute approximate surface area is 162 Å². The normalized spacial score (nSPS) is 27.1. The molecule has 2 unspecified atom stereocenters. The van der Waals surface area contributed by atoms with Gasteiger partial charge in [0.25, 0.3) is 11.8 Å². The highest BCUT2D eigenvalue weighted by atomic mass is 16.2. The van der Waals surface area contributed by atoms with E-state index < -0.39 is 0 Å². The summed E-state index contributed by atoms with van der Waals surface area (Å²) in [5, 5.41) is 3.27. The number of nitrogens with zero attached hydrogens (tertiary/aromatic N) is 1. The summed E-state index contributed by atoms with van der Waals surface area (Å²) in [6.45, 7) is 5.50. The van der Waals surface area contributed by atoms with Gasteiger partial charge >= 0.3 is 0 Å². The average molecular weight is 372 g/mol. The Morgan fingerprint density at radius 1 is 1.07 bits per heavy atom. The zero-order chi connectivity index (χ0) is 19.4. The summed E-state index contributed by atoms with van der Waals surface area (Å²) in [5.74, 6) is 1.00. The van der Waals surface area contributed by atoms with Crippen LogP contribution in [-0.2, 0) is 0 Å². The Hall–Kier alpha value is -1.88. The minimum absolute atomic E-state index is 0.0297. The van der Waals surface area contributed by atoms with Crippen LogP contribution in [0.5, 0.6) is 0 Å². The third kappa shape index (κ3) is 4.52. The molecule has 5 heteroatoms. The first-order valence-corrected chi connectivity index (χ1v) is 10.5. The van der Waals surface area contributed by atoms with E-state index in [1.807, 2.05) is 11.8 Å². The maximum absolute atomic E-state index is 12.8. The molecule has 0 aromatic heterocycles. The number of benzene rings is 1. The lowest BCUT2D eigenvalue weighted by Crippen LogP contribution is -2.53. The van der Waals surface area contributed by atoms with E-state index in [2.05, 4.69) is 12.2 Å². The molecule has 0 aliphatic heterocycles. The highest BCUT2D eigenvalue weighted by molar-refractivity contribution is 5.98. The van der Waals surface area contributed by atoms with Crippen LogP contribution in [0, 0.1) is 11.8 Å². The van der Waals surface area contributed by atoms with Crippen molar-refractivity contribution in [2.24, 2.45) is 17.6 Å². The molecule has 0 radical (unpaired) electrons. The van der Waals surface area contributed by atoms with Gasteiger partial charge in [0, 0.05) is 36.3 Å². The Kier molecular flexibility index (Phi) is 6.53. The van der Waals surface area contributed by atoms with Crippen molar-refractivity contribution in [1.29, 1.82) is 0 Å². The second-order valence-corrected chi connectivity index (χ2v) is 8.14. The number of rotatable bonds is 6. The Balaban J connectivity index is 1.65. The third-order valence-electron chi connectivity index (χ3n) is 6.23. The van der Waals surface area contributed by atoms with Crippen molar-refractivity contribution in [1.82, 2.24) is 10.2 Å². The van der Waals surface area contributed by atoms with Gasteiger partial charge in [0.1, 0.15) is 0 Å². The smallest absolute Gasteiger partial charge is 0.253 e. The van der Waals surface area contributed by atoms with Crippen molar-refractivity contribution < 1.29 is 9.59 Å². The second kappa shape index (κ2) is 8.87. The molecule has 1 aromatic rings. The molecular formula is C22H33N3O2. The van der Waals surface area contributed by atoms with Crippen LogP contribution in [0.2, 0.25) is 0 Å². The zero-order valence-corrected chi connectivity index (χ0v) is 16.6. The van der Waals surface area contributed by atoms with Crippen molar-refractivity contribution in [3.8, 4) is 0 Å². The molecule has 0 saturated heterocycles. The van der Waals surface area contributed by atoms with Crippen LogP contribution in [0.1, 0.15) is 73.1 Å². The predicted octanol–water partition coefficient (Wildman–Crippen LogP) is 3.19. The fraction of sp³-hybridized carbons (Fsp3) is 0.636. The highest BCUT2D eigenvalue weighted by Crippen LogP contribution is 2.39. The zero-order valence-electron chi connectivity index (χ0n) is 16.6. The van der Waals surface area contributed by atoms with Crippen LogP contribution >= 0.6 is 0 Å². The topological polar surface area (TPSA) is 75.4 Å². The molecule has 148 valence electrons. The molecule has 2 fully saturated rings. The van der Waals surface area contributed by atoms with Gasteiger partial charge in [-0.2, -0.15) is 0 Å². The van der Waals surface area contributed by atoms with Gasteiger partial charge in [0.05, 0.1) is 0 Å². The van der Waals surface area contributed by atoms with Crippen molar-refractivity contribution in [3.05, 3.63) is 35.4 Å². The van der Waals surface area contributed by atoms with Gasteiger partial charge in [-0.05, 0) is 75.1 Å². The maximum Gasteiger partial charge on any atom is 0.253 e. The molecule has 2 saturated carbocycles. The molecule has 2 atom stereocenters. The number of amides is 2. The van der Waals surface area contributed by atoms with Crippen LogP contribution in [-0.4, -0.2) is 41.9 Å². The van der Waals surface area contributed by atoms with Gasteiger partial charge in [0.15, 0.2) is 0 Å². The lowest BCUT2D eigenvalue weighted by Gasteiger charge is -2.45. The first-order chi connectivity index (χ1) is 13.0. The molecule has 3 rings (SSSR count). The van der Waals surface area contributed by atoms with Gasteiger partial charge in [-0.15, -0.1) is 0 Å². The molecule has 27 heavy (non-hydrogen) atoms. The second-order valence-electron chi connectivity index (χ2n) is 8.14. The largest absolute Gasteiger partial charge is 0.349 e. The van der Waals surface area contributed by atoms with Gasteiger partial charge in [-0.25, -0.2) is 0 Å². The Bertz CT molecular complexity index is 644. The van der Waals surface area contributed by atoms with Crippen LogP contribution < -0.4 is 11.1 Å². The van der Waals surface area contributed by atoms with E-state index in [4.69, 9.17) is 5.73 Å². The quantitative estimate of drug-likeness (QED) is 0.806. The number of hydrogen-bond acceptors (Lipinski definition) is 3. The summed E-state index contributed by atoms with van der Waals surface area (Å²) in [4.78, 5) is 27.1. The summed E-state index contributed by atoms with van der Waals surface area (Å²) < 4.78 is 0. The van der Waals surface area contributed by atoms with Crippen LogP contribution in [0.15, 0.2) is 24.3 Å². The van der Waals surface area contributed by atoms with Crippen molar-refractivity contribution in [2.45, 2.75) is 64.5 Å². The number of fused-ring (bicyclic) bond motifs is 2. The van der Waals surface area contributed by atoms with E-state index in [9.17, 15) is 9.59 Å². The Morgan fingerprint density at radius 2 is 1.67 bits per heavy atom. The number of carbonyl (C=O) groups excluding carboxylic acids is 2. The summed E-state index contributed by atoms with van der Waals surface area (Å²) in [6, 6.07) is 7.61. The number of carbonyl (C=O) groups is 2. The van der Waals surface area contributed by atoms with Gasteiger partial charge in [-0.3, -0.25) is 9.59 Å². The number of hydrogen-bond donors (Lipinski definition) is 2. The van der Waals surface area contributed by atoms with E-state index >= 15 is 0 Å². The standard InChI is InChI=1S/C22H33N3O2/c1-3-12-25(4-2)22(27)16-10-8-15(9-11-16)21(26)24-20-17-6-5-7-18(20)14-19(23)13-17/h8-11,17-20H,3-7,12-14,23H2,1-2H3,(H,24,26). The molecule has 0 spiro atoms. The van der Waals surface area contributed by atoms with Crippen molar-refractivity contribution >= 4 is 11.8 Å². The monoisotopic (exact) mass is 371 g/mol. The van der Waals surface area contributed by atoms with Gasteiger partial charge in [-0.1, -0.05) is 13.3 Å². The maximum atomic E-state index is 12.8. The Morgan fingerprint density at radius 3 is 2.22 bits per heavy atom. The summed E-state index contributed by atoms with van der Waals surface area (Å²) in [7, 11) is 0. The first kappa shape index (κ1) is 19.9. The number of nitrogens with one attached hydrogen (secondary N) is 1. The third-order valence-corrected chi connectivity index (χ3v) is 6.23. The fourth-order valence-electron chi connectivity index (χ4n) is 4.88. The SMILES string of the molecule is CCCN(CC)C(=O)c1ccc(C(=O)NC2C3CCCC2CC(N)C3)cc1. The minimum atomic E-state index is -0.0349. The predicted molar refractivity (Wildman–Crippen MR) is 108 cm³/mol. The molecule has 2 amide bonds. The minimum Gasteiger partial charge on any atom is -0.349 e. The van der Waals surface area contributed by atoms with E-state index in [0.717, 1.165) is 38.6 Å². The average Bonchev–Trinajstić information content (AvgIpc) is 2.66. The highest BCUT2D eigenvalue weighted by Gasteiger charge is 2.39. The van der Waals surface area contributed by atoms with E-state index in [1.165, 1.54) is 6.42 Å². The first-order valence-electron chi connectivity index (χ1n) is 10.5. The summed E-state index contributed by atoms with van der Waals surface area (Å²) in [6.07, 6.45) is 6.53. The van der Waals surface area contributed by atoms with Crippen LogP contribution in [0.3, 0.4) is 0 Å². The van der Waals surface area contributed by atoms with E-state index in [-0.39, 0.29) is 23.9 Å². The fourth-order valence-corrected chi connectivity index (χ4v) is 4.88. The molecule has 2 bridgehead atoms. The lowest BCUT2D eigenvalue weighted by atomic mass is 9.67. The van der Waals surface area contributed by atoms with E-state index in [1.54, 1.807) is 24.3 Å². The van der Waals surface area contributed by atoms with Crippen molar-refractivity contribution in [3.63, 3.8) is 0 Å². The summed E-state index contributed by atoms with van der Waals surface area (Å²) in [5.41, 5.74) is 7.45. The lowest BCUT2D eigenvalue weighted by molar-refractivity contribution is 0.0749. The van der Waals surface area contributed by atoms with Gasteiger partial charge < -0.3 is 16.0 Å². The van der Waals surface area contributed by atoms with Gasteiger partial charge in [0.2, 0.25) is 0 Å². The van der Waals surface area contributed by atoms with Crippen LogP contribution in [0.25, 0.3) is 0 Å². The summed E-state index contributed by atoms with van der Waals surface area (Å²) >= 11 is 0.